The Balaban J connectivity index is 1.96. The van der Waals surface area contributed by atoms with Gasteiger partial charge < -0.3 is 33.7 Å². The van der Waals surface area contributed by atoms with E-state index in [-0.39, 0.29) is 45.1 Å². The zero-order chi connectivity index (χ0) is 29.8. The third-order valence-corrected chi connectivity index (χ3v) is 5.00. The molecule has 0 radical (unpaired) electrons. The normalized spacial score (nSPS) is 12.5. The molecule has 14 heteroatoms. The summed E-state index contributed by atoms with van der Waals surface area (Å²) in [4.78, 5) is 25.1. The molecule has 222 valence electrons. The van der Waals surface area contributed by atoms with Gasteiger partial charge in [0.1, 0.15) is 30.5 Å². The van der Waals surface area contributed by atoms with Gasteiger partial charge in [-0.3, -0.25) is 0 Å². The van der Waals surface area contributed by atoms with Gasteiger partial charge in [-0.1, -0.05) is 12.1 Å². The molecule has 0 aliphatic carbocycles. The van der Waals surface area contributed by atoms with Crippen molar-refractivity contribution in [3.63, 3.8) is 0 Å². The van der Waals surface area contributed by atoms with Gasteiger partial charge in [0, 0.05) is 26.5 Å². The van der Waals surface area contributed by atoms with E-state index in [2.05, 4.69) is 4.74 Å². The van der Waals surface area contributed by atoms with Crippen LogP contribution < -0.4 is 14.2 Å². The summed E-state index contributed by atoms with van der Waals surface area (Å²) in [7, 11) is 0. The Bertz CT molecular complexity index is 1060. The van der Waals surface area contributed by atoms with Crippen LogP contribution in [0.5, 0.6) is 17.2 Å². The van der Waals surface area contributed by atoms with E-state index in [9.17, 15) is 36.6 Å². The van der Waals surface area contributed by atoms with Crippen LogP contribution in [-0.2, 0) is 20.7 Å². The Hall–Kier alpha value is -3.65. The van der Waals surface area contributed by atoms with Gasteiger partial charge in [0.15, 0.2) is 6.10 Å². The molecule has 9 nitrogen and oxygen atoms in total. The Morgan fingerprint density at radius 1 is 0.900 bits per heavy atom. The summed E-state index contributed by atoms with van der Waals surface area (Å²) in [6.07, 6.45) is -6.62. The van der Waals surface area contributed by atoms with Crippen molar-refractivity contribution in [3.05, 3.63) is 54.1 Å². The lowest BCUT2D eigenvalue weighted by Crippen LogP contribution is -2.39. The average molecular weight is 580 g/mol. The third kappa shape index (κ3) is 12.9. The van der Waals surface area contributed by atoms with E-state index >= 15 is 0 Å². The largest absolute Gasteiger partial charge is 0.573 e. The summed E-state index contributed by atoms with van der Waals surface area (Å²) in [5.74, 6) is -4.30. The third-order valence-electron chi connectivity index (χ3n) is 5.00. The molecule has 2 aromatic carbocycles. The number of alkyl halides is 5. The maximum atomic E-state index is 13.0. The van der Waals surface area contributed by atoms with Crippen LogP contribution in [0.2, 0.25) is 0 Å². The predicted octanol–water partition coefficient (Wildman–Crippen LogP) is 5.17. The van der Waals surface area contributed by atoms with Crippen LogP contribution in [-0.4, -0.2) is 80.0 Å². The molecule has 0 bridgehead atoms. The number of ether oxygens (including phenoxy) is 5. The van der Waals surface area contributed by atoms with Crippen LogP contribution >= 0.6 is 0 Å². The molecule has 0 heterocycles. The quantitative estimate of drug-likeness (QED) is 0.215. The van der Waals surface area contributed by atoms with Crippen LogP contribution in [0.25, 0.3) is 0 Å². The maximum absolute atomic E-state index is 13.0. The molecule has 0 saturated carbocycles. The number of rotatable bonds is 16. The number of benzene rings is 2. The lowest BCUT2D eigenvalue weighted by atomic mass is 10.1. The molecule has 1 atom stereocenters. The van der Waals surface area contributed by atoms with Crippen LogP contribution in [0, 0.1) is 0 Å². The Labute approximate surface area is 227 Å². The van der Waals surface area contributed by atoms with Crippen molar-refractivity contribution in [1.29, 1.82) is 0 Å². The fraction of sp³-hybridized carbons (Fsp3) is 0.462. The van der Waals surface area contributed by atoms with Crippen molar-refractivity contribution in [3.8, 4) is 17.2 Å². The van der Waals surface area contributed by atoms with Crippen LogP contribution in [0.1, 0.15) is 19.4 Å². The molecule has 0 aliphatic rings. The first-order valence-corrected chi connectivity index (χ1v) is 12.1. The molecule has 0 aliphatic heterocycles. The van der Waals surface area contributed by atoms with Crippen molar-refractivity contribution in [2.45, 2.75) is 38.7 Å². The number of halogens is 5. The molecule has 1 amide bonds. The van der Waals surface area contributed by atoms with Crippen LogP contribution in [0.3, 0.4) is 0 Å². The number of aliphatic carboxylic acids is 1. The number of carbonyl (C=O) groups excluding carboxylic acids is 1. The molecule has 40 heavy (non-hydrogen) atoms. The van der Waals surface area contributed by atoms with Gasteiger partial charge in [-0.05, 0) is 48.9 Å². The first-order chi connectivity index (χ1) is 18.8. The average Bonchev–Trinajstić information content (AvgIpc) is 2.85. The second kappa shape index (κ2) is 15.2. The summed E-state index contributed by atoms with van der Waals surface area (Å²) in [5.41, 5.74) is 0.704. The second-order valence-corrected chi connectivity index (χ2v) is 8.48. The predicted molar refractivity (Wildman–Crippen MR) is 131 cm³/mol. The second-order valence-electron chi connectivity index (χ2n) is 8.48. The van der Waals surface area contributed by atoms with Crippen LogP contribution in [0.15, 0.2) is 48.5 Å². The Kier molecular flexibility index (Phi) is 12.4. The molecule has 1 unspecified atom stereocenters. The summed E-state index contributed by atoms with van der Waals surface area (Å²) in [5, 5.41) is 9.21. The highest BCUT2D eigenvalue weighted by atomic mass is 19.4. The molecule has 2 rings (SSSR count). The van der Waals surface area contributed by atoms with Crippen molar-refractivity contribution >= 4 is 12.1 Å². The van der Waals surface area contributed by atoms with Crippen molar-refractivity contribution in [2.24, 2.45) is 0 Å². The number of carboxylic acids is 1. The van der Waals surface area contributed by atoms with E-state index in [4.69, 9.17) is 18.9 Å². The minimum atomic E-state index is -4.88. The molecule has 0 saturated heterocycles. The zero-order valence-electron chi connectivity index (χ0n) is 21.8. The minimum absolute atomic E-state index is 0.0343. The molecule has 0 aromatic heterocycles. The topological polar surface area (TPSA) is 104 Å². The van der Waals surface area contributed by atoms with E-state index in [1.165, 1.54) is 0 Å². The number of hydrogen-bond acceptors (Lipinski definition) is 7. The first kappa shape index (κ1) is 32.6. The fourth-order valence-corrected chi connectivity index (χ4v) is 3.22. The monoisotopic (exact) mass is 579 g/mol. The smallest absolute Gasteiger partial charge is 0.492 e. The molecule has 0 fully saturated rings. The van der Waals surface area contributed by atoms with E-state index in [1.54, 1.807) is 31.2 Å². The summed E-state index contributed by atoms with van der Waals surface area (Å²) in [6, 6.07) is 10.7. The summed E-state index contributed by atoms with van der Waals surface area (Å²) >= 11 is 0. The molecule has 0 spiro atoms. The van der Waals surface area contributed by atoms with Gasteiger partial charge >= 0.3 is 18.4 Å². The number of nitrogens with zero attached hydrogens (tertiary/aromatic N) is 1. The van der Waals surface area contributed by atoms with Crippen molar-refractivity contribution in [2.75, 3.05) is 39.5 Å². The zero-order valence-corrected chi connectivity index (χ0v) is 21.8. The lowest BCUT2D eigenvalue weighted by Gasteiger charge is -2.22. The summed E-state index contributed by atoms with van der Waals surface area (Å²) in [6.45, 7) is 1.31. The molecular formula is C26H30F5NO8. The number of hydrogen-bond donors (Lipinski definition) is 1. The maximum Gasteiger partial charge on any atom is 0.573 e. The fourth-order valence-electron chi connectivity index (χ4n) is 3.22. The van der Waals surface area contributed by atoms with Gasteiger partial charge in [-0.25, -0.2) is 18.4 Å². The highest BCUT2D eigenvalue weighted by Gasteiger charge is 2.31. The number of amides is 1. The van der Waals surface area contributed by atoms with Gasteiger partial charge in [0.05, 0.1) is 13.2 Å². The van der Waals surface area contributed by atoms with E-state index in [0.29, 0.717) is 18.2 Å². The highest BCUT2D eigenvalue weighted by Crippen LogP contribution is 2.25. The van der Waals surface area contributed by atoms with E-state index in [0.717, 1.165) is 29.2 Å². The molecule has 1 N–H and O–H groups in total. The summed E-state index contributed by atoms with van der Waals surface area (Å²) < 4.78 is 87.8. The van der Waals surface area contributed by atoms with Gasteiger partial charge in [-0.15, -0.1) is 13.2 Å². The first-order valence-electron chi connectivity index (χ1n) is 12.1. The van der Waals surface area contributed by atoms with Gasteiger partial charge in [0.25, 0.3) is 5.92 Å². The number of carbonyl (C=O) groups is 2. The Morgan fingerprint density at radius 3 is 2.02 bits per heavy atom. The van der Waals surface area contributed by atoms with Gasteiger partial charge in [0.2, 0.25) is 0 Å². The Morgan fingerprint density at radius 2 is 1.48 bits per heavy atom. The minimum Gasteiger partial charge on any atom is -0.492 e. The molecular weight excluding hydrogens is 549 g/mol. The van der Waals surface area contributed by atoms with E-state index in [1.807, 2.05) is 0 Å². The van der Waals surface area contributed by atoms with Gasteiger partial charge in [-0.2, -0.15) is 0 Å². The van der Waals surface area contributed by atoms with Crippen LogP contribution in [0.4, 0.5) is 26.7 Å². The van der Waals surface area contributed by atoms with Crippen molar-refractivity contribution < 1.29 is 60.3 Å². The van der Waals surface area contributed by atoms with E-state index < -0.39 is 42.8 Å². The number of carboxylic acid groups (broad SMARTS) is 1. The lowest BCUT2D eigenvalue weighted by molar-refractivity contribution is -0.274. The standard InChI is InChI=1S/C26H30F5NO8/c1-3-37-22(23(33)34)16-18-4-6-19(7-5-18)38-15-13-32(12-14-36-17-25(2,27)28)24(35)39-20-8-10-21(11-9-20)40-26(29,30)31/h4-11,22H,3,12-17H2,1-2H3,(H,33,34). The molecule has 2 aromatic rings. The highest BCUT2D eigenvalue weighted by molar-refractivity contribution is 5.72. The SMILES string of the molecule is CCOC(Cc1ccc(OCCN(CCOCC(C)(F)F)C(=O)Oc2ccc(OC(F)(F)F)cc2)cc1)C(=O)O. The van der Waals surface area contributed by atoms with Crippen molar-refractivity contribution in [1.82, 2.24) is 4.90 Å².